The van der Waals surface area contributed by atoms with Gasteiger partial charge in [-0.25, -0.2) is 4.52 Å². The zero-order valence-corrected chi connectivity index (χ0v) is 12.0. The molecule has 0 radical (unpaired) electrons. The summed E-state index contributed by atoms with van der Waals surface area (Å²) < 4.78 is 1.94. The zero-order chi connectivity index (χ0) is 14.1. The van der Waals surface area contributed by atoms with E-state index in [1.807, 2.05) is 23.0 Å². The minimum absolute atomic E-state index is 0.466. The van der Waals surface area contributed by atoms with E-state index in [0.717, 1.165) is 6.54 Å². The maximum absolute atomic E-state index is 4.40. The Morgan fingerprint density at radius 2 is 2.05 bits per heavy atom. The molecule has 1 N–H and O–H groups in total. The first-order chi connectivity index (χ1) is 10.4. The number of aryl methyl sites for hydroxylation is 1. The molecule has 2 heterocycles. The van der Waals surface area contributed by atoms with Gasteiger partial charge in [-0.2, -0.15) is 5.10 Å². The second kappa shape index (κ2) is 5.34. The lowest BCUT2D eigenvalue weighted by Gasteiger charge is -2.26. The van der Waals surface area contributed by atoms with Crippen LogP contribution in [0.2, 0.25) is 0 Å². The summed E-state index contributed by atoms with van der Waals surface area (Å²) in [6.07, 6.45) is 7.66. The third-order valence-corrected chi connectivity index (χ3v) is 4.41. The predicted octanol–water partition coefficient (Wildman–Crippen LogP) is 3.50. The van der Waals surface area contributed by atoms with Gasteiger partial charge in [0.1, 0.15) is 0 Å². The standard InChI is InChI=1S/C18H19N3/c1-2-8-16-14(6-1)7-5-9-17(16)19-12-15-13-20-21-11-4-3-10-18(15)21/h1-4,6,8,10-11,13,17,19H,5,7,9,12H2. The SMILES string of the molecule is c1ccc2c(c1)CCCC2NCc1cnn2ccccc12. The number of hydrogen-bond acceptors (Lipinski definition) is 2. The minimum Gasteiger partial charge on any atom is -0.306 e. The summed E-state index contributed by atoms with van der Waals surface area (Å²) in [6, 6.07) is 15.5. The van der Waals surface area contributed by atoms with Crippen LogP contribution in [0.15, 0.2) is 54.9 Å². The molecule has 106 valence electrons. The molecule has 0 saturated heterocycles. The molecule has 1 aliphatic carbocycles. The number of nitrogens with one attached hydrogen (secondary N) is 1. The Morgan fingerprint density at radius 3 is 3.05 bits per heavy atom. The minimum atomic E-state index is 0.466. The Morgan fingerprint density at radius 1 is 1.14 bits per heavy atom. The van der Waals surface area contributed by atoms with Crippen LogP contribution in [0.1, 0.15) is 35.6 Å². The van der Waals surface area contributed by atoms with E-state index in [4.69, 9.17) is 0 Å². The number of benzene rings is 1. The van der Waals surface area contributed by atoms with Crippen LogP contribution in [-0.4, -0.2) is 9.61 Å². The second-order valence-electron chi connectivity index (χ2n) is 5.72. The molecule has 21 heavy (non-hydrogen) atoms. The van der Waals surface area contributed by atoms with E-state index in [1.165, 1.54) is 41.5 Å². The smallest absolute Gasteiger partial charge is 0.0706 e. The van der Waals surface area contributed by atoms with Crippen molar-refractivity contribution in [2.24, 2.45) is 0 Å². The largest absolute Gasteiger partial charge is 0.306 e. The molecule has 3 aromatic rings. The van der Waals surface area contributed by atoms with Crippen molar-refractivity contribution in [3.05, 3.63) is 71.5 Å². The number of hydrogen-bond donors (Lipinski definition) is 1. The Labute approximate surface area is 124 Å². The first kappa shape index (κ1) is 12.6. The second-order valence-corrected chi connectivity index (χ2v) is 5.72. The summed E-state index contributed by atoms with van der Waals surface area (Å²) in [5, 5.41) is 8.12. The molecule has 0 bridgehead atoms. The predicted molar refractivity (Wildman–Crippen MR) is 84.2 cm³/mol. The van der Waals surface area contributed by atoms with Crippen molar-refractivity contribution in [2.45, 2.75) is 31.8 Å². The van der Waals surface area contributed by atoms with Crippen LogP contribution in [-0.2, 0) is 13.0 Å². The van der Waals surface area contributed by atoms with Gasteiger partial charge in [-0.05, 0) is 42.5 Å². The highest BCUT2D eigenvalue weighted by Gasteiger charge is 2.19. The number of fused-ring (bicyclic) bond motifs is 2. The molecule has 0 amide bonds. The van der Waals surface area contributed by atoms with Gasteiger partial charge in [-0.1, -0.05) is 30.3 Å². The van der Waals surface area contributed by atoms with Gasteiger partial charge in [0.05, 0.1) is 11.7 Å². The fourth-order valence-electron chi connectivity index (χ4n) is 3.32. The van der Waals surface area contributed by atoms with Crippen molar-refractivity contribution in [3.8, 4) is 0 Å². The van der Waals surface area contributed by atoms with Crippen molar-refractivity contribution in [1.82, 2.24) is 14.9 Å². The molecular weight excluding hydrogens is 258 g/mol. The van der Waals surface area contributed by atoms with E-state index >= 15 is 0 Å². The van der Waals surface area contributed by atoms with Gasteiger partial charge in [0.25, 0.3) is 0 Å². The summed E-state index contributed by atoms with van der Waals surface area (Å²) in [6.45, 7) is 0.868. The zero-order valence-electron chi connectivity index (χ0n) is 12.0. The third-order valence-electron chi connectivity index (χ3n) is 4.41. The van der Waals surface area contributed by atoms with Crippen LogP contribution >= 0.6 is 0 Å². The number of pyridine rings is 1. The molecule has 1 aliphatic rings. The molecule has 1 aromatic carbocycles. The quantitative estimate of drug-likeness (QED) is 0.794. The van der Waals surface area contributed by atoms with Crippen LogP contribution in [0.3, 0.4) is 0 Å². The van der Waals surface area contributed by atoms with Gasteiger partial charge in [0, 0.05) is 24.3 Å². The van der Waals surface area contributed by atoms with E-state index < -0.39 is 0 Å². The summed E-state index contributed by atoms with van der Waals surface area (Å²) in [7, 11) is 0. The van der Waals surface area contributed by atoms with Gasteiger partial charge in [-0.3, -0.25) is 0 Å². The monoisotopic (exact) mass is 277 g/mol. The van der Waals surface area contributed by atoms with Crippen LogP contribution in [0, 0.1) is 0 Å². The maximum Gasteiger partial charge on any atom is 0.0706 e. The van der Waals surface area contributed by atoms with Crippen molar-refractivity contribution in [1.29, 1.82) is 0 Å². The summed E-state index contributed by atoms with van der Waals surface area (Å²) in [5.74, 6) is 0. The number of nitrogens with zero attached hydrogens (tertiary/aromatic N) is 2. The highest BCUT2D eigenvalue weighted by atomic mass is 15.2. The summed E-state index contributed by atoms with van der Waals surface area (Å²) in [4.78, 5) is 0. The molecule has 0 fully saturated rings. The lowest BCUT2D eigenvalue weighted by molar-refractivity contribution is 0.460. The first-order valence-corrected chi connectivity index (χ1v) is 7.64. The highest BCUT2D eigenvalue weighted by Crippen LogP contribution is 2.29. The molecule has 0 aliphatic heterocycles. The average Bonchev–Trinajstić information content (AvgIpc) is 2.96. The van der Waals surface area contributed by atoms with E-state index in [0.29, 0.717) is 6.04 Å². The molecule has 0 spiro atoms. The van der Waals surface area contributed by atoms with E-state index in [9.17, 15) is 0 Å². The fraction of sp³-hybridized carbons (Fsp3) is 0.278. The van der Waals surface area contributed by atoms with Gasteiger partial charge < -0.3 is 5.32 Å². The Hall–Kier alpha value is -2.13. The summed E-state index contributed by atoms with van der Waals surface area (Å²) in [5.41, 5.74) is 5.43. The molecule has 2 aromatic heterocycles. The molecule has 3 nitrogen and oxygen atoms in total. The van der Waals surface area contributed by atoms with Crippen LogP contribution < -0.4 is 5.32 Å². The lowest BCUT2D eigenvalue weighted by Crippen LogP contribution is -2.24. The highest BCUT2D eigenvalue weighted by molar-refractivity contribution is 5.53. The fourth-order valence-corrected chi connectivity index (χ4v) is 3.32. The summed E-state index contributed by atoms with van der Waals surface area (Å²) >= 11 is 0. The first-order valence-electron chi connectivity index (χ1n) is 7.64. The number of aromatic nitrogens is 2. The topological polar surface area (TPSA) is 29.3 Å². The molecule has 4 rings (SSSR count). The van der Waals surface area contributed by atoms with Crippen molar-refractivity contribution < 1.29 is 0 Å². The lowest BCUT2D eigenvalue weighted by atomic mass is 9.87. The van der Waals surface area contributed by atoms with Gasteiger partial charge in [0.2, 0.25) is 0 Å². The van der Waals surface area contributed by atoms with Gasteiger partial charge in [-0.15, -0.1) is 0 Å². The molecular formula is C18H19N3. The van der Waals surface area contributed by atoms with Crippen molar-refractivity contribution in [3.63, 3.8) is 0 Å². The number of rotatable bonds is 3. The van der Waals surface area contributed by atoms with Crippen LogP contribution in [0.4, 0.5) is 0 Å². The van der Waals surface area contributed by atoms with Crippen LogP contribution in [0.5, 0.6) is 0 Å². The average molecular weight is 277 g/mol. The molecule has 1 unspecified atom stereocenters. The molecule has 1 atom stereocenters. The van der Waals surface area contributed by atoms with Gasteiger partial charge in [0.15, 0.2) is 0 Å². The van der Waals surface area contributed by atoms with Gasteiger partial charge >= 0.3 is 0 Å². The normalized spacial score (nSPS) is 17.8. The van der Waals surface area contributed by atoms with E-state index in [2.05, 4.69) is 46.8 Å². The van der Waals surface area contributed by atoms with Crippen molar-refractivity contribution in [2.75, 3.05) is 0 Å². The Kier molecular flexibility index (Phi) is 3.20. The third kappa shape index (κ3) is 2.34. The molecule has 3 heteroatoms. The van der Waals surface area contributed by atoms with E-state index in [1.54, 1.807) is 0 Å². The van der Waals surface area contributed by atoms with Crippen molar-refractivity contribution >= 4 is 5.52 Å². The van der Waals surface area contributed by atoms with Crippen LogP contribution in [0.25, 0.3) is 5.52 Å². The maximum atomic E-state index is 4.40. The Balaban J connectivity index is 1.55. The van der Waals surface area contributed by atoms with E-state index in [-0.39, 0.29) is 0 Å². The Bertz CT molecular complexity index is 760. The molecule has 0 saturated carbocycles.